The summed E-state index contributed by atoms with van der Waals surface area (Å²) < 4.78 is 10.1. The van der Waals surface area contributed by atoms with Crippen molar-refractivity contribution in [1.29, 1.82) is 0 Å². The Bertz CT molecular complexity index is 398. The van der Waals surface area contributed by atoms with E-state index < -0.39 is 0 Å². The number of carbonyl (C=O) groups is 1. The highest BCUT2D eigenvalue weighted by Crippen LogP contribution is 2.29. The maximum Gasteiger partial charge on any atom is 0.273 e. The summed E-state index contributed by atoms with van der Waals surface area (Å²) in [5, 5.41) is 2.94. The summed E-state index contributed by atoms with van der Waals surface area (Å²) in [6.45, 7) is 0. The molecule has 1 N–H and O–H groups in total. The molecule has 6 nitrogen and oxygen atoms in total. The number of carbonyl (C=O) groups excluding carboxylic acids is 1. The molecule has 0 unspecified atom stereocenters. The number of aromatic nitrogens is 2. The standard InChI is InChI=1S/C9H13N3O3S/c1-10-7(13)5-6(14-2)8(15-3)12-9(11-5)16-4/h1-4H3,(H,10,13). The molecule has 0 spiro atoms. The predicted octanol–water partition coefficient (Wildman–Crippen LogP) is 0.575. The zero-order valence-electron chi connectivity index (χ0n) is 9.53. The molecule has 0 bridgehead atoms. The number of nitrogens with one attached hydrogen (secondary N) is 1. The van der Waals surface area contributed by atoms with E-state index in [2.05, 4.69) is 15.3 Å². The van der Waals surface area contributed by atoms with E-state index in [-0.39, 0.29) is 23.2 Å². The zero-order valence-corrected chi connectivity index (χ0v) is 10.3. The van der Waals surface area contributed by atoms with Gasteiger partial charge < -0.3 is 14.8 Å². The smallest absolute Gasteiger partial charge is 0.273 e. The minimum Gasteiger partial charge on any atom is -0.489 e. The Labute approximate surface area is 97.8 Å². The first-order valence-corrected chi connectivity index (χ1v) is 5.66. The quantitative estimate of drug-likeness (QED) is 0.616. The van der Waals surface area contributed by atoms with Gasteiger partial charge in [0.05, 0.1) is 14.2 Å². The van der Waals surface area contributed by atoms with Crippen LogP contribution in [0.2, 0.25) is 0 Å². The number of hydrogen-bond acceptors (Lipinski definition) is 6. The maximum absolute atomic E-state index is 11.6. The second kappa shape index (κ2) is 5.55. The van der Waals surface area contributed by atoms with Crippen molar-refractivity contribution in [1.82, 2.24) is 15.3 Å². The van der Waals surface area contributed by atoms with Crippen LogP contribution in [0.15, 0.2) is 5.16 Å². The van der Waals surface area contributed by atoms with Gasteiger partial charge in [-0.05, 0) is 6.26 Å². The molecular formula is C9H13N3O3S. The van der Waals surface area contributed by atoms with E-state index in [0.29, 0.717) is 5.16 Å². The summed E-state index contributed by atoms with van der Waals surface area (Å²) in [6.07, 6.45) is 1.81. The van der Waals surface area contributed by atoms with Crippen LogP contribution in [0.3, 0.4) is 0 Å². The van der Waals surface area contributed by atoms with Crippen LogP contribution < -0.4 is 14.8 Å². The van der Waals surface area contributed by atoms with Gasteiger partial charge in [-0.1, -0.05) is 11.8 Å². The Morgan fingerprint density at radius 1 is 1.31 bits per heavy atom. The fraction of sp³-hybridized carbons (Fsp3) is 0.444. The lowest BCUT2D eigenvalue weighted by atomic mass is 10.3. The number of ether oxygens (including phenoxy) is 2. The van der Waals surface area contributed by atoms with Crippen LogP contribution in [-0.2, 0) is 0 Å². The molecule has 1 amide bonds. The van der Waals surface area contributed by atoms with Gasteiger partial charge in [-0.25, -0.2) is 4.98 Å². The summed E-state index contributed by atoms with van der Waals surface area (Å²) in [5.41, 5.74) is 0.168. The third kappa shape index (κ3) is 2.35. The molecular weight excluding hydrogens is 230 g/mol. The van der Waals surface area contributed by atoms with Crippen LogP contribution in [0.5, 0.6) is 11.6 Å². The molecule has 0 atom stereocenters. The second-order valence-electron chi connectivity index (χ2n) is 2.68. The number of nitrogens with zero attached hydrogens (tertiary/aromatic N) is 2. The van der Waals surface area contributed by atoms with E-state index >= 15 is 0 Å². The molecule has 7 heteroatoms. The minimum atomic E-state index is -0.340. The van der Waals surface area contributed by atoms with Crippen molar-refractivity contribution >= 4 is 17.7 Å². The third-order valence-electron chi connectivity index (χ3n) is 1.84. The normalized spacial score (nSPS) is 9.75. The van der Waals surface area contributed by atoms with E-state index in [9.17, 15) is 4.79 Å². The van der Waals surface area contributed by atoms with Crippen molar-refractivity contribution < 1.29 is 14.3 Å². The molecule has 0 saturated carbocycles. The molecule has 0 aliphatic heterocycles. The van der Waals surface area contributed by atoms with Crippen molar-refractivity contribution in [2.75, 3.05) is 27.5 Å². The molecule has 88 valence electrons. The fourth-order valence-corrected chi connectivity index (χ4v) is 1.45. The lowest BCUT2D eigenvalue weighted by Gasteiger charge is -2.11. The summed E-state index contributed by atoms with van der Waals surface area (Å²) in [7, 11) is 4.42. The lowest BCUT2D eigenvalue weighted by molar-refractivity contribution is 0.0952. The number of hydrogen-bond donors (Lipinski definition) is 1. The van der Waals surface area contributed by atoms with Gasteiger partial charge in [-0.15, -0.1) is 0 Å². The summed E-state index contributed by atoms with van der Waals surface area (Å²) in [5.74, 6) is 0.146. The first-order chi connectivity index (χ1) is 7.67. The van der Waals surface area contributed by atoms with Crippen LogP contribution in [0.1, 0.15) is 10.5 Å². The Morgan fingerprint density at radius 3 is 2.44 bits per heavy atom. The molecule has 0 aromatic carbocycles. The van der Waals surface area contributed by atoms with Crippen LogP contribution >= 0.6 is 11.8 Å². The Kier molecular flexibility index (Phi) is 4.36. The van der Waals surface area contributed by atoms with Crippen LogP contribution in [0.25, 0.3) is 0 Å². The van der Waals surface area contributed by atoms with Crippen LogP contribution in [0.4, 0.5) is 0 Å². The van der Waals surface area contributed by atoms with E-state index in [4.69, 9.17) is 9.47 Å². The molecule has 16 heavy (non-hydrogen) atoms. The SMILES string of the molecule is CNC(=O)c1nc(SC)nc(OC)c1OC. The van der Waals surface area contributed by atoms with Crippen molar-refractivity contribution in [2.24, 2.45) is 0 Å². The monoisotopic (exact) mass is 243 g/mol. The molecule has 1 heterocycles. The molecule has 0 aliphatic carbocycles. The van der Waals surface area contributed by atoms with Crippen LogP contribution in [0, 0.1) is 0 Å². The Hall–Kier alpha value is -1.50. The highest BCUT2D eigenvalue weighted by molar-refractivity contribution is 7.98. The topological polar surface area (TPSA) is 73.3 Å². The van der Waals surface area contributed by atoms with Gasteiger partial charge in [0.2, 0.25) is 5.75 Å². The first-order valence-electron chi connectivity index (χ1n) is 4.44. The van der Waals surface area contributed by atoms with Gasteiger partial charge in [0, 0.05) is 7.05 Å². The average molecular weight is 243 g/mol. The van der Waals surface area contributed by atoms with Crippen LogP contribution in [-0.4, -0.2) is 43.4 Å². The molecule has 0 fully saturated rings. The summed E-state index contributed by atoms with van der Waals surface area (Å²) >= 11 is 1.32. The van der Waals surface area contributed by atoms with Gasteiger partial charge in [0.1, 0.15) is 0 Å². The molecule has 1 aromatic rings. The highest BCUT2D eigenvalue weighted by atomic mass is 32.2. The first kappa shape index (κ1) is 12.6. The molecule has 0 saturated heterocycles. The van der Waals surface area contributed by atoms with Gasteiger partial charge in [-0.2, -0.15) is 4.98 Å². The van der Waals surface area contributed by atoms with Gasteiger partial charge >= 0.3 is 0 Å². The fourth-order valence-electron chi connectivity index (χ4n) is 1.10. The minimum absolute atomic E-state index is 0.168. The second-order valence-corrected chi connectivity index (χ2v) is 3.45. The van der Waals surface area contributed by atoms with E-state index in [1.54, 1.807) is 0 Å². The lowest BCUT2D eigenvalue weighted by Crippen LogP contribution is -2.21. The van der Waals surface area contributed by atoms with Crippen molar-refractivity contribution in [3.8, 4) is 11.6 Å². The zero-order chi connectivity index (χ0) is 12.1. The van der Waals surface area contributed by atoms with Crippen molar-refractivity contribution in [3.05, 3.63) is 5.69 Å². The molecule has 0 radical (unpaired) electrons. The Balaban J connectivity index is 3.36. The van der Waals surface area contributed by atoms with Gasteiger partial charge in [0.25, 0.3) is 11.8 Å². The summed E-state index contributed by atoms with van der Waals surface area (Å²) in [6, 6.07) is 0. The van der Waals surface area contributed by atoms with E-state index in [1.807, 2.05) is 6.26 Å². The largest absolute Gasteiger partial charge is 0.489 e. The number of methoxy groups -OCH3 is 2. The number of amides is 1. The molecule has 0 aliphatic rings. The molecule has 1 rings (SSSR count). The average Bonchev–Trinajstić information content (AvgIpc) is 2.35. The van der Waals surface area contributed by atoms with Crippen molar-refractivity contribution in [3.63, 3.8) is 0 Å². The predicted molar refractivity (Wildman–Crippen MR) is 60.3 cm³/mol. The highest BCUT2D eigenvalue weighted by Gasteiger charge is 2.20. The third-order valence-corrected chi connectivity index (χ3v) is 2.38. The molecule has 1 aromatic heterocycles. The number of thioether (sulfide) groups is 1. The Morgan fingerprint density at radius 2 is 2.00 bits per heavy atom. The van der Waals surface area contributed by atoms with E-state index in [0.717, 1.165) is 0 Å². The van der Waals surface area contributed by atoms with E-state index in [1.165, 1.54) is 33.0 Å². The number of rotatable bonds is 4. The van der Waals surface area contributed by atoms with Crippen molar-refractivity contribution in [2.45, 2.75) is 5.16 Å². The van der Waals surface area contributed by atoms with Gasteiger partial charge in [0.15, 0.2) is 10.9 Å². The van der Waals surface area contributed by atoms with Gasteiger partial charge in [-0.3, -0.25) is 4.79 Å². The summed E-state index contributed by atoms with van der Waals surface area (Å²) in [4.78, 5) is 19.7. The maximum atomic E-state index is 11.6.